The summed E-state index contributed by atoms with van der Waals surface area (Å²) in [6, 6.07) is -1.83. The van der Waals surface area contributed by atoms with Gasteiger partial charge >= 0.3 is 17.4 Å². The normalized spacial score (nSPS) is 22.5. The molecule has 4 aliphatic rings. The van der Waals surface area contributed by atoms with E-state index in [1.54, 1.807) is 23.1 Å². The maximum absolute atomic E-state index is 13.7. The van der Waals surface area contributed by atoms with E-state index in [1.807, 2.05) is 46.4 Å². The molecule has 0 spiro atoms. The van der Waals surface area contributed by atoms with Crippen molar-refractivity contribution in [1.82, 2.24) is 35.8 Å². The summed E-state index contributed by atoms with van der Waals surface area (Å²) in [7, 11) is 1.20. The first kappa shape index (κ1) is 45.5. The molecule has 0 bridgehead atoms. The van der Waals surface area contributed by atoms with E-state index in [1.165, 1.54) is 19.4 Å². The third-order valence-electron chi connectivity index (χ3n) is 10.8. The van der Waals surface area contributed by atoms with Crippen molar-refractivity contribution >= 4 is 41.2 Å². The molecule has 0 saturated carbocycles. The number of nitrogens with zero attached hydrogens (tertiary/aromatic N) is 5. The minimum absolute atomic E-state index is 0.120. The first-order chi connectivity index (χ1) is 27.7. The van der Waals surface area contributed by atoms with Gasteiger partial charge in [0.25, 0.3) is 5.91 Å². The number of imidazole rings is 1. The minimum Gasteiger partial charge on any atom is -0.342 e. The first-order valence-electron chi connectivity index (χ1n) is 20.0. The number of ether oxygens (including phenoxy) is 1. The molecule has 4 unspecified atom stereocenters. The summed E-state index contributed by atoms with van der Waals surface area (Å²) < 4.78 is 45.5. The number of likely N-dealkylation sites (tertiary alicyclic amines) is 2. The number of urea groups is 1. The van der Waals surface area contributed by atoms with Crippen LogP contribution in [0.4, 0.5) is 18.0 Å². The van der Waals surface area contributed by atoms with E-state index in [4.69, 9.17) is 16.6 Å². The lowest BCUT2D eigenvalue weighted by molar-refractivity contribution is -0.839. The van der Waals surface area contributed by atoms with Crippen LogP contribution >= 0.6 is 11.6 Å². The highest BCUT2D eigenvalue weighted by molar-refractivity contribution is 6.31. The van der Waals surface area contributed by atoms with E-state index >= 15 is 0 Å². The zero-order valence-electron chi connectivity index (χ0n) is 34.6. The number of hydrazine groups is 1. The van der Waals surface area contributed by atoms with Crippen molar-refractivity contribution in [2.45, 2.75) is 111 Å². The number of rotatable bonds is 13. The molecule has 4 atom stereocenters. The minimum atomic E-state index is -4.93. The fraction of sp³-hybridized carbons (Fsp3) is 0.625. The van der Waals surface area contributed by atoms with Crippen molar-refractivity contribution in [3.63, 3.8) is 0 Å². The highest BCUT2D eigenvalue weighted by Gasteiger charge is 2.42. The molecule has 15 nitrogen and oxygen atoms in total. The van der Waals surface area contributed by atoms with E-state index in [0.717, 1.165) is 18.4 Å². The molecule has 59 heavy (non-hydrogen) atoms. The van der Waals surface area contributed by atoms with Crippen LogP contribution in [-0.4, -0.2) is 107 Å². The van der Waals surface area contributed by atoms with Crippen molar-refractivity contribution < 1.29 is 42.2 Å². The average molecular weight is 851 g/mol. The number of allylic oxidation sites excluding steroid dienone is 5. The van der Waals surface area contributed by atoms with Crippen LogP contribution in [0.1, 0.15) is 97.6 Å². The van der Waals surface area contributed by atoms with Crippen molar-refractivity contribution in [3.05, 3.63) is 62.7 Å². The Kier molecular flexibility index (Phi) is 14.8. The Labute approximate surface area is 347 Å². The molecule has 2 aliphatic carbocycles. The number of amides is 4. The van der Waals surface area contributed by atoms with Crippen molar-refractivity contribution in [1.29, 1.82) is 0 Å². The number of hydrogen-bond acceptors (Lipinski definition) is 8. The number of aromatic amines is 1. The molecule has 3 heterocycles. The SMILES string of the molecule is CO[N+](=O)NC(C(=O)N1CC(C)CC1c1nc(C2=CC=C(C3=CC=C(NC(=O)N=CCNC4CCN(C(=O)C(C)(C)C)CC4)CC3OC(F)(F)F)CC2)c(Cl)[nH]1)C(C)C. The smallest absolute Gasteiger partial charge is 0.342 e. The van der Waals surface area contributed by atoms with E-state index < -0.39 is 36.0 Å². The summed E-state index contributed by atoms with van der Waals surface area (Å²) in [6.45, 7) is 13.4. The summed E-state index contributed by atoms with van der Waals surface area (Å²) in [4.78, 5) is 70.8. The van der Waals surface area contributed by atoms with Crippen molar-refractivity contribution in [2.75, 3.05) is 33.3 Å². The van der Waals surface area contributed by atoms with Crippen LogP contribution in [0.2, 0.25) is 5.15 Å². The van der Waals surface area contributed by atoms with Crippen LogP contribution in [0.5, 0.6) is 0 Å². The third kappa shape index (κ3) is 12.0. The lowest BCUT2D eigenvalue weighted by Gasteiger charge is -2.35. The average Bonchev–Trinajstić information content (AvgIpc) is 3.76. The van der Waals surface area contributed by atoms with Gasteiger partial charge in [0.15, 0.2) is 13.2 Å². The Morgan fingerprint density at radius 1 is 1.10 bits per heavy atom. The van der Waals surface area contributed by atoms with Crippen LogP contribution in [0.15, 0.2) is 46.1 Å². The van der Waals surface area contributed by atoms with Crippen molar-refractivity contribution in [2.24, 2.45) is 22.2 Å². The predicted molar refractivity (Wildman–Crippen MR) is 215 cm³/mol. The zero-order valence-corrected chi connectivity index (χ0v) is 35.4. The molecule has 5 rings (SSSR count). The fourth-order valence-electron chi connectivity index (χ4n) is 7.82. The summed E-state index contributed by atoms with van der Waals surface area (Å²) in [5.41, 5.74) is 4.56. The summed E-state index contributed by atoms with van der Waals surface area (Å²) in [5.74, 6) is 0.257. The molecule has 4 amide bonds. The lowest BCUT2D eigenvalue weighted by atomic mass is 9.86. The molecule has 2 saturated heterocycles. The second kappa shape index (κ2) is 19.2. The Hall–Kier alpha value is -4.55. The number of hydrogen-bond donors (Lipinski definition) is 4. The van der Waals surface area contributed by atoms with Gasteiger partial charge < -0.3 is 25.4 Å². The molecule has 19 heteroatoms. The Bertz CT molecular complexity index is 1890. The van der Waals surface area contributed by atoms with Gasteiger partial charge in [-0.3, -0.25) is 14.3 Å². The molecular weight excluding hydrogens is 795 g/mol. The second-order valence-electron chi connectivity index (χ2n) is 16.8. The second-order valence-corrected chi connectivity index (χ2v) is 17.2. The van der Waals surface area contributed by atoms with Gasteiger partial charge in [-0.1, -0.05) is 76.8 Å². The summed E-state index contributed by atoms with van der Waals surface area (Å²) in [6.07, 6.45) is 4.34. The highest BCUT2D eigenvalue weighted by Crippen LogP contribution is 2.40. The zero-order chi connectivity index (χ0) is 43.2. The predicted octanol–water partition coefficient (Wildman–Crippen LogP) is 6.47. The van der Waals surface area contributed by atoms with Gasteiger partial charge in [0.2, 0.25) is 5.91 Å². The van der Waals surface area contributed by atoms with Crippen LogP contribution in [0, 0.1) is 22.2 Å². The highest BCUT2D eigenvalue weighted by atomic mass is 35.5. The first-order valence-corrected chi connectivity index (χ1v) is 20.4. The largest absolute Gasteiger partial charge is 0.523 e. The van der Waals surface area contributed by atoms with Gasteiger partial charge in [0.05, 0.1) is 12.1 Å². The van der Waals surface area contributed by atoms with E-state index in [0.29, 0.717) is 68.1 Å². The lowest BCUT2D eigenvalue weighted by Crippen LogP contribution is -2.51. The number of halogens is 4. The van der Waals surface area contributed by atoms with Gasteiger partial charge in [-0.2, -0.15) is 0 Å². The molecular formula is C40H56ClF3N9O6+. The number of aliphatic imine (C=N–C) groups is 1. The number of carbonyl (C=O) groups is 3. The number of piperidine rings is 1. The number of nitrogens with one attached hydrogen (secondary N) is 4. The molecule has 4 N–H and O–H groups in total. The van der Waals surface area contributed by atoms with E-state index in [-0.39, 0.29) is 52.0 Å². The molecule has 0 radical (unpaired) electrons. The maximum atomic E-state index is 13.7. The molecule has 0 aromatic carbocycles. The molecule has 324 valence electrons. The van der Waals surface area contributed by atoms with E-state index in [2.05, 4.69) is 35.6 Å². The Morgan fingerprint density at radius 3 is 2.39 bits per heavy atom. The van der Waals surface area contributed by atoms with E-state index in [9.17, 15) is 32.5 Å². The standard InChI is InChI=1S/C40H55ClF3N9O6/c1-23(2)32(50-53(57)58-7)36(54)52-22-24(3)20-30(52)35-48-33(34(41)49-35)26-10-8-25(9-11-26)29-13-12-28(21-31(29)59-40(42,43)44)47-38(56)46-17-16-45-27-14-18-51(19-15-27)37(55)39(4,5)6/h8,10,12-13,17,23-24,27,30-32,45H,9,11,14-16,18-22H2,1-7H3,(H2-,47,48,49,50,56,57)/p+1. The molecule has 2 aliphatic heterocycles. The maximum Gasteiger partial charge on any atom is 0.523 e. The van der Waals surface area contributed by atoms with Gasteiger partial charge in [-0.05, 0) is 66.7 Å². The summed E-state index contributed by atoms with van der Waals surface area (Å²) >= 11 is 6.68. The summed E-state index contributed by atoms with van der Waals surface area (Å²) in [5, 5.41) is 6.32. The van der Waals surface area contributed by atoms with Crippen LogP contribution in [0.25, 0.3) is 5.57 Å². The van der Waals surface area contributed by atoms with Crippen LogP contribution in [-0.2, 0) is 19.2 Å². The monoisotopic (exact) mass is 850 g/mol. The number of alkyl halides is 3. The number of carbonyl (C=O) groups excluding carboxylic acids is 3. The third-order valence-corrected chi connectivity index (χ3v) is 11.1. The van der Waals surface area contributed by atoms with Gasteiger partial charge in [0.1, 0.15) is 21.6 Å². The van der Waals surface area contributed by atoms with Crippen molar-refractivity contribution in [3.8, 4) is 0 Å². The number of aromatic nitrogens is 2. The van der Waals surface area contributed by atoms with Gasteiger partial charge in [0, 0.05) is 56.0 Å². The van der Waals surface area contributed by atoms with Gasteiger partial charge in [-0.15, -0.1) is 13.2 Å². The van der Waals surface area contributed by atoms with Crippen LogP contribution < -0.4 is 16.1 Å². The molecule has 2 fully saturated rings. The van der Waals surface area contributed by atoms with Gasteiger partial charge in [-0.25, -0.2) is 19.6 Å². The Morgan fingerprint density at radius 2 is 1.78 bits per heavy atom. The Balaban J connectivity index is 1.23. The fourth-order valence-corrected chi connectivity index (χ4v) is 8.09. The van der Waals surface area contributed by atoms with Crippen LogP contribution in [0.3, 0.4) is 0 Å². The molecule has 1 aromatic heterocycles. The topological polar surface area (TPSA) is 173 Å². The quantitative estimate of drug-likeness (QED) is 0.128. The number of H-pyrrole nitrogens is 1. The molecule has 1 aromatic rings.